The summed E-state index contributed by atoms with van der Waals surface area (Å²) in [6.45, 7) is 9.66. The SMILES string of the molecule is C=C(CCCCC)C(CN(CC)C(N)=O)c1ccccc1. The van der Waals surface area contributed by atoms with E-state index in [1.54, 1.807) is 4.90 Å². The van der Waals surface area contributed by atoms with Gasteiger partial charge in [-0.05, 0) is 25.3 Å². The van der Waals surface area contributed by atoms with Gasteiger partial charge in [0.05, 0.1) is 0 Å². The number of likely N-dealkylation sites (N-methyl/N-ethyl adjacent to an activating group) is 1. The van der Waals surface area contributed by atoms with Crippen LogP contribution in [0.2, 0.25) is 0 Å². The summed E-state index contributed by atoms with van der Waals surface area (Å²) in [6, 6.07) is 9.91. The average Bonchev–Trinajstić information content (AvgIpc) is 2.49. The summed E-state index contributed by atoms with van der Waals surface area (Å²) in [5.41, 5.74) is 7.85. The van der Waals surface area contributed by atoms with E-state index in [4.69, 9.17) is 5.73 Å². The summed E-state index contributed by atoms with van der Waals surface area (Å²) in [4.78, 5) is 13.2. The van der Waals surface area contributed by atoms with E-state index in [2.05, 4.69) is 25.6 Å². The molecule has 0 bridgehead atoms. The zero-order valence-corrected chi connectivity index (χ0v) is 13.3. The van der Waals surface area contributed by atoms with Crippen molar-refractivity contribution in [2.75, 3.05) is 13.1 Å². The van der Waals surface area contributed by atoms with Gasteiger partial charge in [-0.15, -0.1) is 0 Å². The van der Waals surface area contributed by atoms with Gasteiger partial charge < -0.3 is 10.6 Å². The van der Waals surface area contributed by atoms with Crippen LogP contribution in [0, 0.1) is 0 Å². The summed E-state index contributed by atoms with van der Waals surface area (Å²) >= 11 is 0. The molecule has 1 aromatic carbocycles. The highest BCUT2D eigenvalue weighted by molar-refractivity contribution is 5.72. The molecule has 0 heterocycles. The lowest BCUT2D eigenvalue weighted by Crippen LogP contribution is -2.38. The normalized spacial score (nSPS) is 11.9. The third kappa shape index (κ3) is 5.62. The molecule has 116 valence electrons. The molecule has 0 spiro atoms. The molecule has 0 saturated carbocycles. The highest BCUT2D eigenvalue weighted by Gasteiger charge is 2.19. The number of nitrogens with zero attached hydrogens (tertiary/aromatic N) is 1. The zero-order valence-electron chi connectivity index (χ0n) is 13.3. The Bertz CT molecular complexity index is 442. The second-order valence-electron chi connectivity index (χ2n) is 5.46. The molecule has 0 aliphatic heterocycles. The first-order valence-corrected chi connectivity index (χ1v) is 7.87. The molecule has 1 aromatic rings. The molecule has 3 heteroatoms. The molecule has 0 radical (unpaired) electrons. The highest BCUT2D eigenvalue weighted by Crippen LogP contribution is 2.28. The summed E-state index contributed by atoms with van der Waals surface area (Å²) in [7, 11) is 0. The molecular formula is C18H28N2O. The van der Waals surface area contributed by atoms with Crippen LogP contribution < -0.4 is 5.73 Å². The molecule has 0 saturated heterocycles. The van der Waals surface area contributed by atoms with Crippen LogP contribution in [0.15, 0.2) is 42.5 Å². The van der Waals surface area contributed by atoms with E-state index >= 15 is 0 Å². The molecule has 1 atom stereocenters. The van der Waals surface area contributed by atoms with Crippen LogP contribution in [0.1, 0.15) is 51.0 Å². The molecule has 0 fully saturated rings. The van der Waals surface area contributed by atoms with Gasteiger partial charge in [0.2, 0.25) is 0 Å². The van der Waals surface area contributed by atoms with E-state index in [1.807, 2.05) is 25.1 Å². The van der Waals surface area contributed by atoms with Crippen molar-refractivity contribution in [3.63, 3.8) is 0 Å². The van der Waals surface area contributed by atoms with Gasteiger partial charge in [-0.2, -0.15) is 0 Å². The monoisotopic (exact) mass is 288 g/mol. The van der Waals surface area contributed by atoms with Crippen molar-refractivity contribution in [1.29, 1.82) is 0 Å². The van der Waals surface area contributed by atoms with Gasteiger partial charge in [-0.3, -0.25) is 0 Å². The Balaban J connectivity index is 2.84. The lowest BCUT2D eigenvalue weighted by atomic mass is 9.88. The lowest BCUT2D eigenvalue weighted by molar-refractivity contribution is 0.208. The maximum absolute atomic E-state index is 11.5. The van der Waals surface area contributed by atoms with Crippen molar-refractivity contribution in [2.24, 2.45) is 5.73 Å². The van der Waals surface area contributed by atoms with Gasteiger partial charge in [0, 0.05) is 19.0 Å². The van der Waals surface area contributed by atoms with Crippen LogP contribution in [0.25, 0.3) is 0 Å². The van der Waals surface area contributed by atoms with E-state index in [-0.39, 0.29) is 11.9 Å². The van der Waals surface area contributed by atoms with E-state index < -0.39 is 0 Å². The predicted octanol–water partition coefficient (Wildman–Crippen LogP) is 4.31. The van der Waals surface area contributed by atoms with Gasteiger partial charge in [0.15, 0.2) is 0 Å². The third-order valence-corrected chi connectivity index (χ3v) is 3.89. The maximum Gasteiger partial charge on any atom is 0.314 e. The maximum atomic E-state index is 11.5. The number of benzene rings is 1. The van der Waals surface area contributed by atoms with Crippen LogP contribution in [-0.2, 0) is 0 Å². The second-order valence-corrected chi connectivity index (χ2v) is 5.46. The van der Waals surface area contributed by atoms with Crippen molar-refractivity contribution in [3.8, 4) is 0 Å². The number of rotatable bonds is 9. The number of hydrogen-bond acceptors (Lipinski definition) is 1. The minimum Gasteiger partial charge on any atom is -0.351 e. The number of urea groups is 1. The van der Waals surface area contributed by atoms with Crippen molar-refractivity contribution >= 4 is 6.03 Å². The van der Waals surface area contributed by atoms with Gasteiger partial charge in [-0.1, -0.05) is 62.2 Å². The minimum atomic E-state index is -0.361. The fourth-order valence-electron chi connectivity index (χ4n) is 2.53. The van der Waals surface area contributed by atoms with Gasteiger partial charge in [0.1, 0.15) is 0 Å². The minimum absolute atomic E-state index is 0.163. The van der Waals surface area contributed by atoms with E-state index in [0.717, 1.165) is 12.8 Å². The second kappa shape index (κ2) is 9.22. The summed E-state index contributed by atoms with van der Waals surface area (Å²) < 4.78 is 0. The predicted molar refractivity (Wildman–Crippen MR) is 89.3 cm³/mol. The zero-order chi connectivity index (χ0) is 15.7. The Morgan fingerprint density at radius 1 is 1.24 bits per heavy atom. The molecule has 2 amide bonds. The number of carbonyl (C=O) groups is 1. The van der Waals surface area contributed by atoms with Gasteiger partial charge in [0.25, 0.3) is 0 Å². The molecule has 0 aliphatic rings. The first-order chi connectivity index (χ1) is 10.1. The molecule has 3 nitrogen and oxygen atoms in total. The summed E-state index contributed by atoms with van der Waals surface area (Å²) in [6.07, 6.45) is 4.57. The fraction of sp³-hybridized carbons (Fsp3) is 0.500. The topological polar surface area (TPSA) is 46.3 Å². The van der Waals surface area contributed by atoms with Crippen molar-refractivity contribution in [3.05, 3.63) is 48.0 Å². The van der Waals surface area contributed by atoms with Crippen molar-refractivity contribution < 1.29 is 4.79 Å². The smallest absolute Gasteiger partial charge is 0.314 e. The molecule has 0 aliphatic carbocycles. The van der Waals surface area contributed by atoms with Crippen LogP contribution in [0.3, 0.4) is 0 Å². The summed E-state index contributed by atoms with van der Waals surface area (Å²) in [5.74, 6) is 0.163. The average molecular weight is 288 g/mol. The van der Waals surface area contributed by atoms with Crippen LogP contribution >= 0.6 is 0 Å². The quantitative estimate of drug-likeness (QED) is 0.534. The molecule has 0 aromatic heterocycles. The first kappa shape index (κ1) is 17.3. The number of amides is 2. The first-order valence-electron chi connectivity index (χ1n) is 7.87. The van der Waals surface area contributed by atoms with E-state index in [1.165, 1.54) is 24.0 Å². The van der Waals surface area contributed by atoms with E-state index in [0.29, 0.717) is 13.1 Å². The largest absolute Gasteiger partial charge is 0.351 e. The molecule has 1 rings (SSSR count). The Morgan fingerprint density at radius 3 is 2.43 bits per heavy atom. The Morgan fingerprint density at radius 2 is 1.90 bits per heavy atom. The third-order valence-electron chi connectivity index (χ3n) is 3.89. The lowest BCUT2D eigenvalue weighted by Gasteiger charge is -2.27. The molecule has 1 unspecified atom stereocenters. The number of hydrogen-bond donors (Lipinski definition) is 1. The van der Waals surface area contributed by atoms with Gasteiger partial charge >= 0.3 is 6.03 Å². The molecule has 2 N–H and O–H groups in total. The van der Waals surface area contributed by atoms with E-state index in [9.17, 15) is 4.79 Å². The Hall–Kier alpha value is -1.77. The fourth-order valence-corrected chi connectivity index (χ4v) is 2.53. The Labute approximate surface area is 128 Å². The Kier molecular flexibility index (Phi) is 7.59. The number of unbranched alkanes of at least 4 members (excludes halogenated alkanes) is 2. The number of nitrogens with two attached hydrogens (primary N) is 1. The van der Waals surface area contributed by atoms with Crippen molar-refractivity contribution in [1.82, 2.24) is 4.90 Å². The number of carbonyl (C=O) groups excluding carboxylic acids is 1. The molecule has 21 heavy (non-hydrogen) atoms. The number of primary amides is 1. The van der Waals surface area contributed by atoms with Crippen LogP contribution in [0.4, 0.5) is 4.79 Å². The highest BCUT2D eigenvalue weighted by atomic mass is 16.2. The summed E-state index contributed by atoms with van der Waals surface area (Å²) in [5, 5.41) is 0. The van der Waals surface area contributed by atoms with Crippen LogP contribution in [-0.4, -0.2) is 24.0 Å². The molecular weight excluding hydrogens is 260 g/mol. The van der Waals surface area contributed by atoms with Gasteiger partial charge in [-0.25, -0.2) is 4.79 Å². The van der Waals surface area contributed by atoms with Crippen molar-refractivity contribution in [2.45, 2.75) is 45.4 Å². The standard InChI is InChI=1S/C18H28N2O/c1-4-6-8-11-15(3)17(14-20(5-2)18(19)21)16-12-9-7-10-13-16/h7,9-10,12-13,17H,3-6,8,11,14H2,1-2H3,(H2,19,21). The van der Waals surface area contributed by atoms with Crippen LogP contribution in [0.5, 0.6) is 0 Å².